The summed E-state index contributed by atoms with van der Waals surface area (Å²) in [5.41, 5.74) is 0.789. The quantitative estimate of drug-likeness (QED) is 0.582. The second-order valence-corrected chi connectivity index (χ2v) is 3.32. The molecule has 1 heterocycles. The number of hydrogen-bond acceptors (Lipinski definition) is 5. The van der Waals surface area contributed by atoms with Gasteiger partial charge in [-0.15, -0.1) is 0 Å². The van der Waals surface area contributed by atoms with Crippen molar-refractivity contribution in [3.8, 4) is 0 Å². The number of rotatable bonds is 6. The average molecular weight is 227 g/mol. The van der Waals surface area contributed by atoms with Gasteiger partial charge in [-0.3, -0.25) is 0 Å². The van der Waals surface area contributed by atoms with Crippen LogP contribution >= 0.6 is 9.03 Å². The molecule has 1 atom stereocenters. The molecular weight excluding hydrogens is 213 g/mol. The van der Waals surface area contributed by atoms with Crippen molar-refractivity contribution in [1.29, 1.82) is 0 Å². The van der Waals surface area contributed by atoms with E-state index in [9.17, 15) is 0 Å². The normalized spacial score (nSPS) is 10.8. The maximum Gasteiger partial charge on any atom is 0.225 e. The van der Waals surface area contributed by atoms with E-state index < -0.39 is 9.03 Å². The van der Waals surface area contributed by atoms with E-state index in [0.717, 1.165) is 5.69 Å². The largest absolute Gasteiger partial charge is 0.352 e. The first-order valence-corrected chi connectivity index (χ1v) is 5.31. The van der Waals surface area contributed by atoms with Crippen LogP contribution in [0.2, 0.25) is 0 Å². The molecule has 0 amide bonds. The highest BCUT2D eigenvalue weighted by Crippen LogP contribution is 2.07. The monoisotopic (exact) mass is 227 g/mol. The van der Waals surface area contributed by atoms with Gasteiger partial charge in [0, 0.05) is 19.8 Å². The van der Waals surface area contributed by atoms with Crippen LogP contribution in [0.25, 0.3) is 6.08 Å². The van der Waals surface area contributed by atoms with Crippen LogP contribution in [0.15, 0.2) is 18.8 Å². The Hall–Kier alpha value is -1.03. The smallest absolute Gasteiger partial charge is 0.225 e. The standard InChI is InChI=1S/C9H14N3O2P/c1-3-8-4-5-10-9(11-8)12(2)6-7-14-15-13/h3-5,13,15H,1,6-7H2,2H3. The topological polar surface area (TPSA) is 58.5 Å². The van der Waals surface area contributed by atoms with Crippen LogP contribution in [0.4, 0.5) is 5.95 Å². The van der Waals surface area contributed by atoms with Gasteiger partial charge >= 0.3 is 0 Å². The molecule has 5 nitrogen and oxygen atoms in total. The molecule has 0 aromatic carbocycles. The van der Waals surface area contributed by atoms with Crippen LogP contribution < -0.4 is 4.90 Å². The fraction of sp³-hybridized carbons (Fsp3) is 0.333. The molecule has 1 N–H and O–H groups in total. The Morgan fingerprint density at radius 3 is 3.20 bits per heavy atom. The molecule has 82 valence electrons. The van der Waals surface area contributed by atoms with Crippen LogP contribution in [0.1, 0.15) is 5.69 Å². The fourth-order valence-electron chi connectivity index (χ4n) is 0.988. The fourth-order valence-corrected chi connectivity index (χ4v) is 1.17. The minimum atomic E-state index is -0.471. The van der Waals surface area contributed by atoms with Gasteiger partial charge in [0.25, 0.3) is 0 Å². The SMILES string of the molecule is C=Cc1ccnc(N(C)CCOPO)n1. The van der Waals surface area contributed by atoms with Crippen molar-refractivity contribution in [3.05, 3.63) is 24.5 Å². The summed E-state index contributed by atoms with van der Waals surface area (Å²) in [7, 11) is 1.40. The summed E-state index contributed by atoms with van der Waals surface area (Å²) in [4.78, 5) is 18.7. The Morgan fingerprint density at radius 1 is 1.73 bits per heavy atom. The second kappa shape index (κ2) is 6.45. The zero-order valence-corrected chi connectivity index (χ0v) is 9.55. The molecule has 0 fully saturated rings. The van der Waals surface area contributed by atoms with E-state index in [1.807, 2.05) is 11.9 Å². The Bertz CT molecular complexity index is 322. The maximum atomic E-state index is 8.47. The van der Waals surface area contributed by atoms with E-state index in [1.54, 1.807) is 18.3 Å². The average Bonchev–Trinajstić information content (AvgIpc) is 2.29. The third-order valence-electron chi connectivity index (χ3n) is 1.81. The Kier molecular flexibility index (Phi) is 5.18. The molecule has 0 aliphatic rings. The van der Waals surface area contributed by atoms with Crippen LogP contribution in [0.5, 0.6) is 0 Å². The summed E-state index contributed by atoms with van der Waals surface area (Å²) in [6.45, 7) is 4.73. The number of anilines is 1. The van der Waals surface area contributed by atoms with Gasteiger partial charge in [0.05, 0.1) is 12.3 Å². The molecular formula is C9H14N3O2P. The van der Waals surface area contributed by atoms with Crippen molar-refractivity contribution in [1.82, 2.24) is 9.97 Å². The lowest BCUT2D eigenvalue weighted by Gasteiger charge is -2.16. The molecule has 1 aromatic rings. The van der Waals surface area contributed by atoms with Gasteiger partial charge in [-0.25, -0.2) is 9.97 Å². The van der Waals surface area contributed by atoms with Crippen LogP contribution in [0, 0.1) is 0 Å². The highest BCUT2D eigenvalue weighted by molar-refractivity contribution is 7.24. The number of hydrogen-bond donors (Lipinski definition) is 1. The first-order valence-electron chi connectivity index (χ1n) is 4.45. The molecule has 6 heteroatoms. The summed E-state index contributed by atoms with van der Waals surface area (Å²) in [5.74, 6) is 0.622. The van der Waals surface area contributed by atoms with Crippen molar-refractivity contribution in [3.63, 3.8) is 0 Å². The third kappa shape index (κ3) is 3.91. The van der Waals surface area contributed by atoms with Crippen molar-refractivity contribution in [2.45, 2.75) is 0 Å². The predicted molar refractivity (Wildman–Crippen MR) is 61.9 cm³/mol. The minimum Gasteiger partial charge on any atom is -0.352 e. The van der Waals surface area contributed by atoms with E-state index in [2.05, 4.69) is 16.5 Å². The van der Waals surface area contributed by atoms with Crippen molar-refractivity contribution in [2.75, 3.05) is 25.1 Å². The lowest BCUT2D eigenvalue weighted by Crippen LogP contribution is -2.23. The number of aromatic nitrogens is 2. The lowest BCUT2D eigenvalue weighted by molar-refractivity contribution is 0.333. The van der Waals surface area contributed by atoms with Gasteiger partial charge in [0.1, 0.15) is 0 Å². The van der Waals surface area contributed by atoms with Crippen LogP contribution in [-0.2, 0) is 4.52 Å². The summed E-state index contributed by atoms with van der Waals surface area (Å²) >= 11 is 0. The summed E-state index contributed by atoms with van der Waals surface area (Å²) in [6, 6.07) is 1.79. The van der Waals surface area contributed by atoms with Crippen molar-refractivity contribution < 1.29 is 9.42 Å². The lowest BCUT2D eigenvalue weighted by atomic mass is 10.4. The van der Waals surface area contributed by atoms with E-state index in [-0.39, 0.29) is 0 Å². The zero-order chi connectivity index (χ0) is 11.1. The highest BCUT2D eigenvalue weighted by atomic mass is 31.1. The van der Waals surface area contributed by atoms with Crippen molar-refractivity contribution >= 4 is 21.1 Å². The number of nitrogens with zero attached hydrogens (tertiary/aromatic N) is 3. The third-order valence-corrected chi connectivity index (χ3v) is 2.14. The summed E-state index contributed by atoms with van der Waals surface area (Å²) < 4.78 is 4.85. The molecule has 1 aromatic heterocycles. The maximum absolute atomic E-state index is 8.47. The molecule has 0 radical (unpaired) electrons. The van der Waals surface area contributed by atoms with Crippen LogP contribution in [0.3, 0.4) is 0 Å². The zero-order valence-electron chi connectivity index (χ0n) is 8.55. The van der Waals surface area contributed by atoms with Gasteiger partial charge in [-0.1, -0.05) is 6.58 Å². The van der Waals surface area contributed by atoms with Crippen LogP contribution in [-0.4, -0.2) is 35.1 Å². The molecule has 0 spiro atoms. The Balaban J connectivity index is 2.56. The molecule has 15 heavy (non-hydrogen) atoms. The van der Waals surface area contributed by atoms with E-state index in [4.69, 9.17) is 9.42 Å². The first kappa shape index (κ1) is 12.0. The summed E-state index contributed by atoms with van der Waals surface area (Å²) in [5, 5.41) is 0. The first-order chi connectivity index (χ1) is 7.27. The van der Waals surface area contributed by atoms with Gasteiger partial charge in [-0.05, 0) is 12.1 Å². The Labute approximate surface area is 90.8 Å². The van der Waals surface area contributed by atoms with Gasteiger partial charge < -0.3 is 14.3 Å². The highest BCUT2D eigenvalue weighted by Gasteiger charge is 2.03. The van der Waals surface area contributed by atoms with E-state index in [1.165, 1.54) is 0 Å². The van der Waals surface area contributed by atoms with Gasteiger partial charge in [0.15, 0.2) is 9.03 Å². The number of likely N-dealkylation sites (N-methyl/N-ethyl adjacent to an activating group) is 1. The van der Waals surface area contributed by atoms with Gasteiger partial charge in [0.2, 0.25) is 5.95 Å². The molecule has 1 rings (SSSR count). The molecule has 0 bridgehead atoms. The molecule has 0 saturated heterocycles. The molecule has 0 saturated carbocycles. The Morgan fingerprint density at radius 2 is 2.53 bits per heavy atom. The van der Waals surface area contributed by atoms with Gasteiger partial charge in [-0.2, -0.15) is 0 Å². The molecule has 0 aliphatic heterocycles. The van der Waals surface area contributed by atoms with Crippen molar-refractivity contribution in [2.24, 2.45) is 0 Å². The molecule has 1 unspecified atom stereocenters. The minimum absolute atomic E-state index is 0.452. The summed E-state index contributed by atoms with van der Waals surface area (Å²) in [6.07, 6.45) is 3.36. The van der Waals surface area contributed by atoms with E-state index >= 15 is 0 Å². The molecule has 0 aliphatic carbocycles. The van der Waals surface area contributed by atoms with E-state index in [0.29, 0.717) is 19.1 Å². The predicted octanol–water partition coefficient (Wildman–Crippen LogP) is 1.07. The second-order valence-electron chi connectivity index (χ2n) is 2.85.